The predicted molar refractivity (Wildman–Crippen MR) is 90.1 cm³/mol. The highest BCUT2D eigenvalue weighted by atomic mass is 32.2. The minimum absolute atomic E-state index is 0.0349. The Labute approximate surface area is 135 Å². The van der Waals surface area contributed by atoms with Gasteiger partial charge in [-0.15, -0.1) is 0 Å². The van der Waals surface area contributed by atoms with Gasteiger partial charge in [0.1, 0.15) is 0 Å². The molecule has 4 nitrogen and oxygen atoms in total. The van der Waals surface area contributed by atoms with E-state index in [2.05, 4.69) is 4.98 Å². The molecule has 2 aromatic rings. The van der Waals surface area contributed by atoms with Crippen molar-refractivity contribution in [3.05, 3.63) is 42.0 Å². The van der Waals surface area contributed by atoms with Crippen molar-refractivity contribution < 1.29 is 5.11 Å². The van der Waals surface area contributed by atoms with Gasteiger partial charge in [-0.3, -0.25) is 9.55 Å². The second-order valence-electron chi connectivity index (χ2n) is 5.46. The Morgan fingerprint density at radius 3 is 2.86 bits per heavy atom. The highest BCUT2D eigenvalue weighted by Gasteiger charge is 2.22. The summed E-state index contributed by atoms with van der Waals surface area (Å²) in [5.41, 5.74) is 2.62. The Balaban J connectivity index is 2.06. The zero-order valence-corrected chi connectivity index (χ0v) is 13.6. The van der Waals surface area contributed by atoms with Crippen LogP contribution in [-0.4, -0.2) is 24.9 Å². The summed E-state index contributed by atoms with van der Waals surface area (Å²) in [5.74, 6) is 0. The van der Waals surface area contributed by atoms with Gasteiger partial charge in [0.15, 0.2) is 5.16 Å². The molecule has 1 aliphatic carbocycles. The van der Waals surface area contributed by atoms with E-state index in [1.807, 2.05) is 53.7 Å². The number of pyridine rings is 1. The largest absolute Gasteiger partial charge is 0.390 e. The van der Waals surface area contributed by atoms with Crippen molar-refractivity contribution in [2.45, 2.75) is 49.6 Å². The smallest absolute Gasteiger partial charge is 0.173 e. The molecule has 0 unspecified atom stereocenters. The van der Waals surface area contributed by atoms with E-state index in [9.17, 15) is 5.11 Å². The van der Waals surface area contributed by atoms with E-state index in [1.54, 1.807) is 6.20 Å². The van der Waals surface area contributed by atoms with Crippen molar-refractivity contribution in [1.82, 2.24) is 14.5 Å². The van der Waals surface area contributed by atoms with Gasteiger partial charge in [0, 0.05) is 11.4 Å². The summed E-state index contributed by atoms with van der Waals surface area (Å²) in [7, 11) is 0. The van der Waals surface area contributed by atoms with E-state index < -0.39 is 0 Å². The van der Waals surface area contributed by atoms with Crippen molar-refractivity contribution in [1.29, 1.82) is 0 Å². The first-order valence-electron chi connectivity index (χ1n) is 7.75. The Morgan fingerprint density at radius 1 is 1.41 bits per heavy atom. The van der Waals surface area contributed by atoms with Crippen molar-refractivity contribution in [3.63, 3.8) is 0 Å². The third kappa shape index (κ3) is 3.10. The highest BCUT2D eigenvalue weighted by molar-refractivity contribution is 7.99. The Morgan fingerprint density at radius 2 is 2.23 bits per heavy atom. The topological polar surface area (TPSA) is 50.9 Å². The molecule has 1 aliphatic rings. The molecule has 0 saturated heterocycles. The first-order valence-corrected chi connectivity index (χ1v) is 8.63. The molecule has 22 heavy (non-hydrogen) atoms. The lowest BCUT2D eigenvalue weighted by Gasteiger charge is -2.12. The Hall–Kier alpha value is -1.59. The zero-order chi connectivity index (χ0) is 15.4. The van der Waals surface area contributed by atoms with Gasteiger partial charge in [-0.2, -0.15) is 0 Å². The second kappa shape index (κ2) is 7.11. The van der Waals surface area contributed by atoms with Crippen molar-refractivity contribution in [3.8, 4) is 5.69 Å². The van der Waals surface area contributed by atoms with E-state index in [4.69, 9.17) is 4.98 Å². The molecule has 0 radical (unpaired) electrons. The van der Waals surface area contributed by atoms with Crippen LogP contribution in [0.2, 0.25) is 0 Å². The molecular formula is C17H21N3OS. The van der Waals surface area contributed by atoms with Gasteiger partial charge in [0.2, 0.25) is 0 Å². The van der Waals surface area contributed by atoms with E-state index in [1.165, 1.54) is 25.7 Å². The average molecular weight is 315 g/mol. The van der Waals surface area contributed by atoms with Crippen LogP contribution >= 0.6 is 11.8 Å². The lowest BCUT2D eigenvalue weighted by Crippen LogP contribution is -2.05. The van der Waals surface area contributed by atoms with Gasteiger partial charge in [-0.25, -0.2) is 4.98 Å². The van der Waals surface area contributed by atoms with Gasteiger partial charge in [-0.1, -0.05) is 30.7 Å². The van der Waals surface area contributed by atoms with Crippen LogP contribution in [0.4, 0.5) is 0 Å². The van der Waals surface area contributed by atoms with Crippen LogP contribution in [0, 0.1) is 0 Å². The Bertz CT molecular complexity index is 645. The van der Waals surface area contributed by atoms with Crippen LogP contribution in [0.15, 0.2) is 35.8 Å². The normalized spacial score (nSPS) is 15.9. The zero-order valence-electron chi connectivity index (χ0n) is 12.8. The monoisotopic (exact) mass is 315 g/mol. The summed E-state index contributed by atoms with van der Waals surface area (Å²) >= 11 is 1.83. The maximum absolute atomic E-state index is 9.84. The fourth-order valence-electron chi connectivity index (χ4n) is 2.88. The second-order valence-corrected chi connectivity index (χ2v) is 6.72. The third-order valence-electron chi connectivity index (χ3n) is 3.93. The number of imidazole rings is 1. The SMILES string of the molecule is C/C=C/c1nc(SC2CCCC2)n(-c2cccnc2)c1CO. The summed E-state index contributed by atoms with van der Waals surface area (Å²) in [6.07, 6.45) is 12.6. The molecule has 1 fully saturated rings. The fourth-order valence-corrected chi connectivity index (χ4v) is 4.22. The number of rotatable bonds is 5. The van der Waals surface area contributed by atoms with Crippen LogP contribution in [-0.2, 0) is 6.61 Å². The molecule has 5 heteroatoms. The number of hydrogen-bond acceptors (Lipinski definition) is 4. The van der Waals surface area contributed by atoms with E-state index in [-0.39, 0.29) is 6.61 Å². The van der Waals surface area contributed by atoms with E-state index >= 15 is 0 Å². The van der Waals surface area contributed by atoms with Gasteiger partial charge in [-0.05, 0) is 38.0 Å². The molecule has 0 aromatic carbocycles. The maximum atomic E-state index is 9.84. The van der Waals surface area contributed by atoms with Gasteiger partial charge in [0.05, 0.1) is 29.9 Å². The molecule has 116 valence electrons. The molecule has 1 saturated carbocycles. The van der Waals surface area contributed by atoms with Crippen LogP contribution < -0.4 is 0 Å². The predicted octanol–water partition coefficient (Wildman–Crippen LogP) is 3.83. The van der Waals surface area contributed by atoms with Crippen molar-refractivity contribution in [2.75, 3.05) is 0 Å². The number of allylic oxidation sites excluding steroid dienone is 1. The summed E-state index contributed by atoms with van der Waals surface area (Å²) in [6.45, 7) is 1.93. The van der Waals surface area contributed by atoms with Crippen LogP contribution in [0.3, 0.4) is 0 Å². The van der Waals surface area contributed by atoms with Gasteiger partial charge < -0.3 is 5.11 Å². The fraction of sp³-hybridized carbons (Fsp3) is 0.412. The molecule has 0 bridgehead atoms. The molecular weight excluding hydrogens is 294 g/mol. The maximum Gasteiger partial charge on any atom is 0.173 e. The van der Waals surface area contributed by atoms with Crippen molar-refractivity contribution >= 4 is 17.8 Å². The first kappa shape index (κ1) is 15.3. The number of aliphatic hydroxyl groups is 1. The van der Waals surface area contributed by atoms with Crippen molar-refractivity contribution in [2.24, 2.45) is 0 Å². The number of aromatic nitrogens is 3. The Kier molecular flexibility index (Phi) is 4.95. The number of hydrogen-bond donors (Lipinski definition) is 1. The molecule has 0 spiro atoms. The lowest BCUT2D eigenvalue weighted by molar-refractivity contribution is 0.273. The first-order chi connectivity index (χ1) is 10.8. The minimum Gasteiger partial charge on any atom is -0.390 e. The van der Waals surface area contributed by atoms with Gasteiger partial charge in [0.25, 0.3) is 0 Å². The third-order valence-corrected chi connectivity index (χ3v) is 5.22. The summed E-state index contributed by atoms with van der Waals surface area (Å²) in [6, 6.07) is 3.92. The number of thioether (sulfide) groups is 1. The van der Waals surface area contributed by atoms with Gasteiger partial charge >= 0.3 is 0 Å². The highest BCUT2D eigenvalue weighted by Crippen LogP contribution is 2.36. The number of nitrogens with zero attached hydrogens (tertiary/aromatic N) is 3. The summed E-state index contributed by atoms with van der Waals surface area (Å²) in [5, 5.41) is 11.4. The molecule has 1 N–H and O–H groups in total. The summed E-state index contributed by atoms with van der Waals surface area (Å²) in [4.78, 5) is 8.97. The molecule has 2 aromatic heterocycles. The standard InChI is InChI=1S/C17H21N3OS/c1-2-6-15-16(12-21)20(13-7-5-10-18-11-13)17(19-15)22-14-8-3-4-9-14/h2,5-7,10-11,14,21H,3-4,8-9,12H2,1H3/b6-2+. The summed E-state index contributed by atoms with van der Waals surface area (Å²) < 4.78 is 2.05. The van der Waals surface area contributed by atoms with Crippen LogP contribution in [0.25, 0.3) is 11.8 Å². The quantitative estimate of drug-likeness (QED) is 0.911. The van der Waals surface area contributed by atoms with Crippen LogP contribution in [0.5, 0.6) is 0 Å². The molecule has 0 atom stereocenters. The average Bonchev–Trinajstić information content (AvgIpc) is 3.16. The lowest BCUT2D eigenvalue weighted by atomic mass is 10.3. The molecule has 0 aliphatic heterocycles. The molecule has 0 amide bonds. The van der Waals surface area contributed by atoms with Crippen LogP contribution in [0.1, 0.15) is 44.0 Å². The molecule has 2 heterocycles. The number of aliphatic hydroxyl groups excluding tert-OH is 1. The minimum atomic E-state index is -0.0349. The molecule has 3 rings (SSSR count). The van der Waals surface area contributed by atoms with E-state index in [0.717, 1.165) is 22.2 Å². The van der Waals surface area contributed by atoms with E-state index in [0.29, 0.717) is 5.25 Å².